The number of nitrogens with zero attached hydrogens (tertiary/aromatic N) is 5. The summed E-state index contributed by atoms with van der Waals surface area (Å²) in [6.45, 7) is 3.83. The van der Waals surface area contributed by atoms with Crippen LogP contribution in [0, 0.1) is 17.8 Å². The predicted octanol–water partition coefficient (Wildman–Crippen LogP) is 4.05. The molecule has 2 unspecified atom stereocenters. The van der Waals surface area contributed by atoms with Crippen LogP contribution in [0.15, 0.2) is 23.0 Å². The van der Waals surface area contributed by atoms with Crippen molar-refractivity contribution >= 4 is 22.6 Å². The zero-order valence-electron chi connectivity index (χ0n) is 23.0. The Morgan fingerprint density at radius 2 is 1.85 bits per heavy atom. The molecule has 2 aliphatic heterocycles. The molecular weight excluding hydrogens is 506 g/mol. The highest BCUT2D eigenvalue weighted by Crippen LogP contribution is 2.56. The Hall–Kier alpha value is -2.98. The van der Waals surface area contributed by atoms with Gasteiger partial charge in [0.25, 0.3) is 17.6 Å². The van der Waals surface area contributed by atoms with Crippen molar-refractivity contribution in [3.8, 4) is 11.5 Å². The number of aromatic amines is 1. The lowest BCUT2D eigenvalue weighted by atomic mass is 9.52. The van der Waals surface area contributed by atoms with Gasteiger partial charge in [-0.3, -0.25) is 4.79 Å². The first-order valence-electron chi connectivity index (χ1n) is 15.4. The second-order valence-electron chi connectivity index (χ2n) is 13.2. The summed E-state index contributed by atoms with van der Waals surface area (Å²) >= 11 is 0. The predicted molar refractivity (Wildman–Crippen MR) is 150 cm³/mol. The minimum absolute atomic E-state index is 0.114. The van der Waals surface area contributed by atoms with E-state index in [0.29, 0.717) is 29.7 Å². The molecule has 5 heterocycles. The summed E-state index contributed by atoms with van der Waals surface area (Å²) < 4.78 is 5.72. The fourth-order valence-corrected chi connectivity index (χ4v) is 8.99. The summed E-state index contributed by atoms with van der Waals surface area (Å²) in [6, 6.07) is 2.87. The number of hydrogen-bond acceptors (Lipinski definition) is 8. The van der Waals surface area contributed by atoms with Crippen LogP contribution in [0.25, 0.3) is 22.5 Å². The molecule has 3 aromatic rings. The molecule has 2 saturated heterocycles. The molecule has 4 aliphatic carbocycles. The van der Waals surface area contributed by atoms with Crippen molar-refractivity contribution in [3.63, 3.8) is 0 Å². The maximum Gasteiger partial charge on any atom is 0.295 e. The Kier molecular flexibility index (Phi) is 5.92. The number of anilines is 1. The quantitative estimate of drug-likeness (QED) is 0.439. The largest absolute Gasteiger partial charge is 0.390 e. The number of rotatable bonds is 5. The van der Waals surface area contributed by atoms with Gasteiger partial charge in [-0.1, -0.05) is 11.6 Å². The maximum atomic E-state index is 13.4. The summed E-state index contributed by atoms with van der Waals surface area (Å²) in [5.74, 6) is 1.79. The van der Waals surface area contributed by atoms with E-state index in [1.807, 2.05) is 17.2 Å². The smallest absolute Gasteiger partial charge is 0.295 e. The molecule has 0 aromatic carbocycles. The van der Waals surface area contributed by atoms with Gasteiger partial charge in [-0.2, -0.15) is 4.98 Å². The van der Waals surface area contributed by atoms with Gasteiger partial charge in [-0.15, -0.1) is 0 Å². The van der Waals surface area contributed by atoms with Gasteiger partial charge < -0.3 is 29.7 Å². The number of fused-ring (bicyclic) bond motifs is 1. The number of likely N-dealkylation sites (tertiary alicyclic amines) is 2. The number of aliphatic hydroxyl groups is 1. The number of carbonyl (C=O) groups is 1. The van der Waals surface area contributed by atoms with Crippen molar-refractivity contribution in [2.45, 2.75) is 81.9 Å². The molecule has 0 spiro atoms. The first-order chi connectivity index (χ1) is 19.5. The number of pyridine rings is 1. The van der Waals surface area contributed by atoms with Gasteiger partial charge in [0.05, 0.1) is 16.9 Å². The van der Waals surface area contributed by atoms with Gasteiger partial charge in [0.15, 0.2) is 0 Å². The van der Waals surface area contributed by atoms with Crippen molar-refractivity contribution in [2.24, 2.45) is 17.8 Å². The van der Waals surface area contributed by atoms with E-state index in [-0.39, 0.29) is 17.8 Å². The standard InChI is InChI=1S/C30H39N7O3/c38-29(37-10-5-21(6-11-37)36-8-2-1-3-9-36)27-34-28(40-35-27)23-17-32-26-22(4-7-31-26)25(23)33-24-19-12-18-13-20(24)16-30(39,14-18)15-19/h4,7,17-21,24,39H,1-3,5-6,8-16H2,(H2,31,32,33)/t18?,19?,20?,24-,30+. The van der Waals surface area contributed by atoms with Crippen LogP contribution in [0.5, 0.6) is 0 Å². The number of nitrogens with one attached hydrogen (secondary N) is 2. The minimum atomic E-state index is -0.483. The number of carbonyl (C=O) groups excluding carboxylic acids is 1. The van der Waals surface area contributed by atoms with Gasteiger partial charge in [0.2, 0.25) is 0 Å². The molecule has 212 valence electrons. The molecular formula is C30H39N7O3. The molecule has 4 saturated carbocycles. The molecule has 4 bridgehead atoms. The van der Waals surface area contributed by atoms with E-state index in [1.54, 1.807) is 6.20 Å². The van der Waals surface area contributed by atoms with Crippen molar-refractivity contribution in [1.82, 2.24) is 29.9 Å². The normalized spacial score (nSPS) is 32.7. The van der Waals surface area contributed by atoms with E-state index >= 15 is 0 Å². The van der Waals surface area contributed by atoms with Crippen LogP contribution in [0.4, 0.5) is 5.69 Å². The number of amides is 1. The first kappa shape index (κ1) is 24.8. The topological polar surface area (TPSA) is 123 Å². The highest BCUT2D eigenvalue weighted by Gasteiger charge is 2.55. The molecule has 3 aromatic heterocycles. The molecule has 10 nitrogen and oxygen atoms in total. The first-order valence-corrected chi connectivity index (χ1v) is 15.4. The van der Waals surface area contributed by atoms with E-state index in [0.717, 1.165) is 67.5 Å². The van der Waals surface area contributed by atoms with Crippen LogP contribution in [0.2, 0.25) is 0 Å². The maximum absolute atomic E-state index is 13.4. The van der Waals surface area contributed by atoms with E-state index < -0.39 is 5.60 Å². The summed E-state index contributed by atoms with van der Waals surface area (Å²) in [5.41, 5.74) is 1.94. The van der Waals surface area contributed by atoms with Crippen molar-refractivity contribution in [2.75, 3.05) is 31.5 Å². The van der Waals surface area contributed by atoms with Crippen LogP contribution in [-0.4, -0.2) is 84.8 Å². The van der Waals surface area contributed by atoms with Crippen molar-refractivity contribution in [1.29, 1.82) is 0 Å². The van der Waals surface area contributed by atoms with Gasteiger partial charge in [-0.25, -0.2) is 4.98 Å². The molecule has 2 atom stereocenters. The molecule has 0 radical (unpaired) electrons. The third-order valence-electron chi connectivity index (χ3n) is 10.6. The van der Waals surface area contributed by atoms with E-state index in [4.69, 9.17) is 4.52 Å². The lowest BCUT2D eigenvalue weighted by molar-refractivity contribution is -0.129. The second kappa shape index (κ2) is 9.55. The number of hydrogen-bond donors (Lipinski definition) is 3. The van der Waals surface area contributed by atoms with Crippen molar-refractivity contribution < 1.29 is 14.4 Å². The van der Waals surface area contributed by atoms with E-state index in [1.165, 1.54) is 45.2 Å². The van der Waals surface area contributed by atoms with Crippen LogP contribution in [0.1, 0.15) is 74.8 Å². The molecule has 6 aliphatic rings. The summed E-state index contributed by atoms with van der Waals surface area (Å²) in [5, 5.41) is 20.1. The Morgan fingerprint density at radius 1 is 1.07 bits per heavy atom. The fraction of sp³-hybridized carbons (Fsp3) is 0.667. The van der Waals surface area contributed by atoms with Crippen LogP contribution < -0.4 is 5.32 Å². The monoisotopic (exact) mass is 545 g/mol. The Morgan fingerprint density at radius 3 is 2.60 bits per heavy atom. The lowest BCUT2D eigenvalue weighted by Gasteiger charge is -2.58. The summed E-state index contributed by atoms with van der Waals surface area (Å²) in [6.07, 6.45) is 14.6. The Balaban J connectivity index is 1.03. The number of piperidine rings is 2. The van der Waals surface area contributed by atoms with Crippen LogP contribution >= 0.6 is 0 Å². The number of H-pyrrole nitrogens is 1. The number of aromatic nitrogens is 4. The SMILES string of the molecule is O=C(c1noc(-c2cnc3[nH]ccc3c2N[C@H]2C3CC4CC2C[C@@](O)(C4)C3)n1)N1CCC(N2CCCCC2)CC1. The Labute approximate surface area is 233 Å². The molecule has 10 heteroatoms. The lowest BCUT2D eigenvalue weighted by Crippen LogP contribution is -2.59. The summed E-state index contributed by atoms with van der Waals surface area (Å²) in [4.78, 5) is 30.3. The zero-order valence-corrected chi connectivity index (χ0v) is 23.0. The molecule has 40 heavy (non-hydrogen) atoms. The van der Waals surface area contributed by atoms with Gasteiger partial charge in [0, 0.05) is 43.0 Å². The highest BCUT2D eigenvalue weighted by atomic mass is 16.5. The summed E-state index contributed by atoms with van der Waals surface area (Å²) in [7, 11) is 0. The average Bonchev–Trinajstić information content (AvgIpc) is 3.65. The van der Waals surface area contributed by atoms with E-state index in [2.05, 4.69) is 30.3 Å². The molecule has 6 fully saturated rings. The molecule has 1 amide bonds. The third kappa shape index (κ3) is 4.22. The van der Waals surface area contributed by atoms with Gasteiger partial charge in [-0.05, 0) is 94.7 Å². The fourth-order valence-electron chi connectivity index (χ4n) is 8.99. The minimum Gasteiger partial charge on any atom is -0.390 e. The average molecular weight is 546 g/mol. The third-order valence-corrected chi connectivity index (χ3v) is 10.6. The van der Waals surface area contributed by atoms with Crippen molar-refractivity contribution in [3.05, 3.63) is 24.3 Å². The van der Waals surface area contributed by atoms with Crippen LogP contribution in [0.3, 0.4) is 0 Å². The Bertz CT molecular complexity index is 1390. The second-order valence-corrected chi connectivity index (χ2v) is 13.2. The highest BCUT2D eigenvalue weighted by molar-refractivity contribution is 5.97. The van der Waals surface area contributed by atoms with Gasteiger partial charge in [0.1, 0.15) is 5.65 Å². The molecule has 9 rings (SSSR count). The van der Waals surface area contributed by atoms with E-state index in [9.17, 15) is 9.90 Å². The molecule has 3 N–H and O–H groups in total. The zero-order chi connectivity index (χ0) is 26.8. The van der Waals surface area contributed by atoms with Crippen LogP contribution in [-0.2, 0) is 0 Å². The van der Waals surface area contributed by atoms with Gasteiger partial charge >= 0.3 is 0 Å².